The molecular weight excluding hydrogens is 308 g/mol. The van der Waals surface area contributed by atoms with Gasteiger partial charge in [0.15, 0.2) is 0 Å². The number of carboxylic acids is 1. The maximum Gasteiger partial charge on any atom is 0.329 e. The number of halogens is 1. The van der Waals surface area contributed by atoms with Gasteiger partial charge in [0.2, 0.25) is 0 Å². The largest absolute Gasteiger partial charge is 0.480 e. The fourth-order valence-corrected chi connectivity index (χ4v) is 2.97. The molecule has 19 heavy (non-hydrogen) atoms. The molecule has 0 unspecified atom stereocenters. The van der Waals surface area contributed by atoms with Crippen LogP contribution in [0.15, 0.2) is 22.7 Å². The van der Waals surface area contributed by atoms with Crippen LogP contribution in [0.3, 0.4) is 0 Å². The molecule has 1 fully saturated rings. The van der Waals surface area contributed by atoms with E-state index < -0.39 is 11.5 Å². The zero-order chi connectivity index (χ0) is 13.9. The van der Waals surface area contributed by atoms with Crippen LogP contribution in [0.1, 0.15) is 37.7 Å². The van der Waals surface area contributed by atoms with Crippen LogP contribution >= 0.6 is 15.9 Å². The van der Waals surface area contributed by atoms with Crippen molar-refractivity contribution >= 4 is 27.6 Å². The third kappa shape index (κ3) is 2.90. The maximum atomic E-state index is 11.6. The minimum Gasteiger partial charge on any atom is -0.480 e. The van der Waals surface area contributed by atoms with Crippen molar-refractivity contribution in [2.24, 2.45) is 0 Å². The molecule has 4 nitrogen and oxygen atoms in total. The van der Waals surface area contributed by atoms with E-state index in [0.29, 0.717) is 18.4 Å². The Morgan fingerprint density at radius 3 is 2.58 bits per heavy atom. The first-order valence-corrected chi connectivity index (χ1v) is 7.08. The second-order valence-corrected chi connectivity index (χ2v) is 5.73. The molecule has 1 aromatic carbocycles. The molecule has 0 bridgehead atoms. The minimum absolute atomic E-state index is 0.547. The van der Waals surface area contributed by atoms with E-state index in [-0.39, 0.29) is 0 Å². The van der Waals surface area contributed by atoms with E-state index >= 15 is 0 Å². The molecule has 2 N–H and O–H groups in total. The van der Waals surface area contributed by atoms with Crippen LogP contribution in [-0.4, -0.2) is 16.6 Å². The molecule has 1 aromatic rings. The van der Waals surface area contributed by atoms with Gasteiger partial charge in [-0.15, -0.1) is 0 Å². The Bertz CT molecular complexity index is 531. The van der Waals surface area contributed by atoms with Gasteiger partial charge in [-0.2, -0.15) is 5.26 Å². The van der Waals surface area contributed by atoms with E-state index in [1.165, 1.54) is 0 Å². The lowest BCUT2D eigenvalue weighted by Crippen LogP contribution is -2.47. The summed E-state index contributed by atoms with van der Waals surface area (Å²) in [6.45, 7) is 0. The first kappa shape index (κ1) is 13.9. The molecule has 1 saturated carbocycles. The quantitative estimate of drug-likeness (QED) is 0.892. The summed E-state index contributed by atoms with van der Waals surface area (Å²) in [5.74, 6) is -0.802. The Kier molecular flexibility index (Phi) is 4.11. The highest BCUT2D eigenvalue weighted by Gasteiger charge is 2.39. The average molecular weight is 323 g/mol. The van der Waals surface area contributed by atoms with Gasteiger partial charge in [0, 0.05) is 10.2 Å². The smallest absolute Gasteiger partial charge is 0.329 e. The number of benzene rings is 1. The Balaban J connectivity index is 2.27. The maximum absolute atomic E-state index is 11.6. The van der Waals surface area contributed by atoms with Gasteiger partial charge >= 0.3 is 5.97 Å². The number of carbonyl (C=O) groups is 1. The Hall–Kier alpha value is -1.54. The molecule has 0 spiro atoms. The normalized spacial score (nSPS) is 17.5. The monoisotopic (exact) mass is 322 g/mol. The van der Waals surface area contributed by atoms with Crippen molar-refractivity contribution in [2.45, 2.75) is 37.6 Å². The third-order valence-electron chi connectivity index (χ3n) is 3.59. The minimum atomic E-state index is -0.880. The van der Waals surface area contributed by atoms with Gasteiger partial charge < -0.3 is 10.4 Å². The van der Waals surface area contributed by atoms with Crippen molar-refractivity contribution in [3.8, 4) is 6.07 Å². The second-order valence-electron chi connectivity index (χ2n) is 4.88. The van der Waals surface area contributed by atoms with Crippen molar-refractivity contribution in [3.05, 3.63) is 28.2 Å². The van der Waals surface area contributed by atoms with Crippen LogP contribution in [0.4, 0.5) is 5.69 Å². The van der Waals surface area contributed by atoms with Gasteiger partial charge in [-0.1, -0.05) is 19.3 Å². The molecule has 1 aliphatic rings. The molecule has 0 heterocycles. The number of nitrogens with one attached hydrogen (secondary N) is 1. The third-order valence-corrected chi connectivity index (χ3v) is 4.24. The number of hydrogen-bond donors (Lipinski definition) is 2. The van der Waals surface area contributed by atoms with Crippen LogP contribution < -0.4 is 5.32 Å². The summed E-state index contributed by atoms with van der Waals surface area (Å²) in [5.41, 5.74) is 0.392. The van der Waals surface area contributed by atoms with Gasteiger partial charge in [-0.25, -0.2) is 4.79 Å². The number of aliphatic carboxylic acids is 1. The van der Waals surface area contributed by atoms with Gasteiger partial charge in [-0.3, -0.25) is 0 Å². The van der Waals surface area contributed by atoms with Crippen LogP contribution in [0.25, 0.3) is 0 Å². The summed E-state index contributed by atoms with van der Waals surface area (Å²) in [5, 5.41) is 21.5. The number of hydrogen-bond acceptors (Lipinski definition) is 3. The number of nitrogens with zero attached hydrogens (tertiary/aromatic N) is 1. The van der Waals surface area contributed by atoms with Crippen molar-refractivity contribution in [1.29, 1.82) is 5.26 Å². The average Bonchev–Trinajstić information content (AvgIpc) is 2.42. The van der Waals surface area contributed by atoms with Crippen molar-refractivity contribution < 1.29 is 9.90 Å². The Labute approximate surface area is 120 Å². The standard InChI is InChI=1S/C14H15BrN2O2/c15-11-8-10(9-16)4-5-12(11)17-14(13(18)19)6-2-1-3-7-14/h4-5,8,17H,1-3,6-7H2,(H,18,19). The summed E-state index contributed by atoms with van der Waals surface area (Å²) in [4.78, 5) is 11.6. The highest BCUT2D eigenvalue weighted by atomic mass is 79.9. The zero-order valence-corrected chi connectivity index (χ0v) is 12.0. The van der Waals surface area contributed by atoms with E-state index in [1.807, 2.05) is 0 Å². The second kappa shape index (κ2) is 5.62. The van der Waals surface area contributed by atoms with Crippen LogP contribution in [0.2, 0.25) is 0 Å². The first-order chi connectivity index (χ1) is 9.07. The van der Waals surface area contributed by atoms with E-state index in [2.05, 4.69) is 27.3 Å². The highest BCUT2D eigenvalue weighted by molar-refractivity contribution is 9.10. The molecule has 0 aliphatic heterocycles. The Morgan fingerprint density at radius 1 is 1.37 bits per heavy atom. The predicted octanol–water partition coefficient (Wildman–Crippen LogP) is 3.52. The number of rotatable bonds is 3. The van der Waals surface area contributed by atoms with Crippen LogP contribution in [0, 0.1) is 11.3 Å². The van der Waals surface area contributed by atoms with Gasteiger partial charge in [0.25, 0.3) is 0 Å². The van der Waals surface area contributed by atoms with E-state index in [0.717, 1.165) is 29.4 Å². The zero-order valence-electron chi connectivity index (χ0n) is 10.4. The summed E-state index contributed by atoms with van der Waals surface area (Å²) < 4.78 is 0.720. The van der Waals surface area contributed by atoms with Gasteiger partial charge in [0.05, 0.1) is 11.6 Å². The summed E-state index contributed by atoms with van der Waals surface area (Å²) in [7, 11) is 0. The molecule has 2 rings (SSSR count). The van der Waals surface area contributed by atoms with Crippen molar-refractivity contribution in [3.63, 3.8) is 0 Å². The Morgan fingerprint density at radius 2 is 2.05 bits per heavy atom. The molecule has 0 atom stereocenters. The van der Waals surface area contributed by atoms with Crippen LogP contribution in [0.5, 0.6) is 0 Å². The molecule has 1 aliphatic carbocycles. The van der Waals surface area contributed by atoms with E-state index in [1.54, 1.807) is 18.2 Å². The fourth-order valence-electron chi connectivity index (χ4n) is 2.49. The van der Waals surface area contributed by atoms with Gasteiger partial charge in [-0.05, 0) is 47.0 Å². The summed E-state index contributed by atoms with van der Waals surface area (Å²) in [6, 6.07) is 7.19. The van der Waals surface area contributed by atoms with Crippen LogP contribution in [-0.2, 0) is 4.79 Å². The number of carboxylic acid groups (broad SMARTS) is 1. The lowest BCUT2D eigenvalue weighted by molar-refractivity contribution is -0.143. The molecule has 5 heteroatoms. The number of anilines is 1. The number of nitriles is 1. The summed E-state index contributed by atoms with van der Waals surface area (Å²) in [6.07, 6.45) is 4.20. The lowest BCUT2D eigenvalue weighted by Gasteiger charge is -2.35. The molecule has 0 radical (unpaired) electrons. The van der Waals surface area contributed by atoms with Crippen molar-refractivity contribution in [2.75, 3.05) is 5.32 Å². The summed E-state index contributed by atoms with van der Waals surface area (Å²) >= 11 is 3.38. The molecular formula is C14H15BrN2O2. The van der Waals surface area contributed by atoms with Crippen molar-refractivity contribution in [1.82, 2.24) is 0 Å². The topological polar surface area (TPSA) is 73.1 Å². The fraction of sp³-hybridized carbons (Fsp3) is 0.429. The lowest BCUT2D eigenvalue weighted by atomic mass is 9.81. The molecule has 0 saturated heterocycles. The molecule has 0 amide bonds. The first-order valence-electron chi connectivity index (χ1n) is 6.29. The predicted molar refractivity (Wildman–Crippen MR) is 75.9 cm³/mol. The highest BCUT2D eigenvalue weighted by Crippen LogP contribution is 2.34. The van der Waals surface area contributed by atoms with Gasteiger partial charge in [0.1, 0.15) is 5.54 Å². The SMILES string of the molecule is N#Cc1ccc(NC2(C(=O)O)CCCCC2)c(Br)c1. The van der Waals surface area contributed by atoms with E-state index in [9.17, 15) is 9.90 Å². The van der Waals surface area contributed by atoms with E-state index in [4.69, 9.17) is 5.26 Å². The molecule has 100 valence electrons. The molecule has 0 aromatic heterocycles.